The second-order valence-corrected chi connectivity index (χ2v) is 9.71. The van der Waals surface area contributed by atoms with Crippen LogP contribution in [0.5, 0.6) is 0 Å². The van der Waals surface area contributed by atoms with Crippen LogP contribution in [0.15, 0.2) is 27.3 Å². The van der Waals surface area contributed by atoms with Crippen molar-refractivity contribution in [2.75, 3.05) is 39.3 Å². The van der Waals surface area contributed by atoms with Gasteiger partial charge in [-0.15, -0.1) is 32.9 Å². The third-order valence-corrected chi connectivity index (χ3v) is 6.93. The molecular weight excluding hydrogens is 432 g/mol. The Morgan fingerprint density at radius 3 is 2.68 bits per heavy atom. The minimum absolute atomic E-state index is 0.112. The number of carbonyl (C=O) groups is 1. The van der Waals surface area contributed by atoms with Gasteiger partial charge in [-0.1, -0.05) is 13.0 Å². The molecule has 0 atom stereocenters. The van der Waals surface area contributed by atoms with E-state index >= 15 is 0 Å². The highest BCUT2D eigenvalue weighted by Crippen LogP contribution is 2.23. The average molecular weight is 461 g/mol. The molecule has 1 saturated heterocycles. The van der Waals surface area contributed by atoms with E-state index in [0.29, 0.717) is 31.4 Å². The molecule has 8 nitrogen and oxygen atoms in total. The molecule has 1 aliphatic rings. The zero-order chi connectivity index (χ0) is 21.6. The maximum atomic E-state index is 13.0. The molecule has 166 valence electrons. The molecule has 31 heavy (non-hydrogen) atoms. The monoisotopic (exact) mass is 460 g/mol. The standard InChI is InChI=1S/C21H28N6O2S2/c1-3-6-27(13-19-23-24-21(29-19)18-5-4-11-30-18)20(28)14-26-9-7-25(8-10-26)12-17-15-31-16(2)22-17/h4-5,11,15H,3,6-10,12-14H2,1-2H3. The summed E-state index contributed by atoms with van der Waals surface area (Å²) in [6.45, 7) is 10.1. The van der Waals surface area contributed by atoms with Crippen molar-refractivity contribution in [1.82, 2.24) is 29.9 Å². The minimum atomic E-state index is 0.112. The highest BCUT2D eigenvalue weighted by molar-refractivity contribution is 7.13. The number of piperazine rings is 1. The first-order valence-corrected chi connectivity index (χ1v) is 12.4. The molecule has 0 spiro atoms. The van der Waals surface area contributed by atoms with E-state index in [9.17, 15) is 4.79 Å². The Morgan fingerprint density at radius 2 is 2.00 bits per heavy atom. The predicted octanol–water partition coefficient (Wildman–Crippen LogP) is 3.12. The fourth-order valence-corrected chi connectivity index (χ4v) is 4.90. The van der Waals surface area contributed by atoms with Crippen molar-refractivity contribution in [1.29, 1.82) is 0 Å². The first-order chi connectivity index (χ1) is 15.1. The molecule has 1 fully saturated rings. The number of aromatic nitrogens is 3. The molecule has 0 aromatic carbocycles. The lowest BCUT2D eigenvalue weighted by Crippen LogP contribution is -2.49. The van der Waals surface area contributed by atoms with Gasteiger partial charge >= 0.3 is 0 Å². The zero-order valence-corrected chi connectivity index (χ0v) is 19.6. The summed E-state index contributed by atoms with van der Waals surface area (Å²) in [5.41, 5.74) is 1.14. The van der Waals surface area contributed by atoms with Gasteiger partial charge in [0.15, 0.2) is 0 Å². The van der Waals surface area contributed by atoms with Crippen LogP contribution in [0.4, 0.5) is 0 Å². The van der Waals surface area contributed by atoms with E-state index in [0.717, 1.165) is 54.7 Å². The number of thiazole rings is 1. The molecule has 4 rings (SSSR count). The topological polar surface area (TPSA) is 78.6 Å². The molecule has 10 heteroatoms. The van der Waals surface area contributed by atoms with E-state index in [1.807, 2.05) is 29.3 Å². The smallest absolute Gasteiger partial charge is 0.257 e. The molecule has 4 heterocycles. The van der Waals surface area contributed by atoms with E-state index in [-0.39, 0.29) is 5.91 Å². The van der Waals surface area contributed by atoms with Gasteiger partial charge in [0.25, 0.3) is 5.89 Å². The van der Waals surface area contributed by atoms with E-state index < -0.39 is 0 Å². The van der Waals surface area contributed by atoms with Crippen LogP contribution in [0.1, 0.15) is 29.9 Å². The molecule has 0 saturated carbocycles. The van der Waals surface area contributed by atoms with Gasteiger partial charge in [-0.2, -0.15) is 0 Å². The summed E-state index contributed by atoms with van der Waals surface area (Å²) in [6.07, 6.45) is 0.887. The lowest BCUT2D eigenvalue weighted by atomic mass is 10.2. The van der Waals surface area contributed by atoms with Crippen LogP contribution in [0, 0.1) is 6.92 Å². The van der Waals surface area contributed by atoms with Crippen LogP contribution in [0.2, 0.25) is 0 Å². The zero-order valence-electron chi connectivity index (χ0n) is 18.0. The summed E-state index contributed by atoms with van der Waals surface area (Å²) in [7, 11) is 0. The Morgan fingerprint density at radius 1 is 1.19 bits per heavy atom. The van der Waals surface area contributed by atoms with Crippen molar-refractivity contribution in [2.45, 2.75) is 33.4 Å². The molecule has 0 bridgehead atoms. The van der Waals surface area contributed by atoms with Gasteiger partial charge in [0.1, 0.15) is 0 Å². The van der Waals surface area contributed by atoms with Crippen molar-refractivity contribution < 1.29 is 9.21 Å². The SMILES string of the molecule is CCCN(Cc1nnc(-c2cccs2)o1)C(=O)CN1CCN(Cc2csc(C)n2)CC1. The van der Waals surface area contributed by atoms with Gasteiger partial charge < -0.3 is 9.32 Å². The molecule has 0 aliphatic carbocycles. The molecule has 1 aliphatic heterocycles. The summed E-state index contributed by atoms with van der Waals surface area (Å²) < 4.78 is 5.79. The normalized spacial score (nSPS) is 15.4. The maximum absolute atomic E-state index is 13.0. The fraction of sp³-hybridized carbons (Fsp3) is 0.524. The summed E-state index contributed by atoms with van der Waals surface area (Å²) in [5, 5.41) is 13.5. The number of aryl methyl sites for hydroxylation is 1. The largest absolute Gasteiger partial charge is 0.418 e. The molecule has 3 aromatic heterocycles. The first-order valence-electron chi connectivity index (χ1n) is 10.6. The van der Waals surface area contributed by atoms with Crippen molar-refractivity contribution in [3.63, 3.8) is 0 Å². The lowest BCUT2D eigenvalue weighted by molar-refractivity contribution is -0.133. The number of amides is 1. The predicted molar refractivity (Wildman–Crippen MR) is 122 cm³/mol. The summed E-state index contributed by atoms with van der Waals surface area (Å²) in [6, 6.07) is 3.90. The van der Waals surface area contributed by atoms with Crippen LogP contribution in [-0.2, 0) is 17.9 Å². The Labute approximate surface area is 190 Å². The number of rotatable bonds is 9. The first kappa shape index (κ1) is 22.1. The Hall–Kier alpha value is -2.14. The molecule has 0 unspecified atom stereocenters. The van der Waals surface area contributed by atoms with E-state index in [1.165, 1.54) is 0 Å². The Kier molecular flexibility index (Phi) is 7.44. The number of nitrogens with zero attached hydrogens (tertiary/aromatic N) is 6. The van der Waals surface area contributed by atoms with Crippen molar-refractivity contribution in [2.24, 2.45) is 0 Å². The second kappa shape index (κ2) is 10.4. The van der Waals surface area contributed by atoms with Crippen LogP contribution >= 0.6 is 22.7 Å². The highest BCUT2D eigenvalue weighted by Gasteiger charge is 2.23. The molecular formula is C21H28N6O2S2. The minimum Gasteiger partial charge on any atom is -0.418 e. The average Bonchev–Trinajstić information content (AvgIpc) is 3.51. The molecule has 0 N–H and O–H groups in total. The highest BCUT2D eigenvalue weighted by atomic mass is 32.1. The number of hydrogen-bond acceptors (Lipinski definition) is 9. The fourth-order valence-electron chi connectivity index (χ4n) is 3.65. The van der Waals surface area contributed by atoms with Crippen molar-refractivity contribution >= 4 is 28.6 Å². The lowest BCUT2D eigenvalue weighted by Gasteiger charge is -2.35. The number of thiophene rings is 1. The van der Waals surface area contributed by atoms with Crippen molar-refractivity contribution in [3.8, 4) is 10.8 Å². The van der Waals surface area contributed by atoms with Gasteiger partial charge in [0.2, 0.25) is 11.8 Å². The number of carbonyl (C=O) groups excluding carboxylic acids is 1. The van der Waals surface area contributed by atoms with Gasteiger partial charge in [0.05, 0.1) is 28.7 Å². The molecule has 3 aromatic rings. The second-order valence-electron chi connectivity index (χ2n) is 7.70. The van der Waals surface area contributed by atoms with Crippen LogP contribution in [0.3, 0.4) is 0 Å². The quantitative estimate of drug-likeness (QED) is 0.485. The van der Waals surface area contributed by atoms with Gasteiger partial charge in [-0.25, -0.2) is 4.98 Å². The van der Waals surface area contributed by atoms with Gasteiger partial charge in [-0.05, 0) is 24.8 Å². The van der Waals surface area contributed by atoms with Crippen LogP contribution < -0.4 is 0 Å². The maximum Gasteiger partial charge on any atom is 0.257 e. The van der Waals surface area contributed by atoms with E-state index in [1.54, 1.807) is 22.7 Å². The summed E-state index contributed by atoms with van der Waals surface area (Å²) in [5.74, 6) is 1.11. The summed E-state index contributed by atoms with van der Waals surface area (Å²) >= 11 is 3.25. The van der Waals surface area contributed by atoms with Crippen LogP contribution in [0.25, 0.3) is 10.8 Å². The van der Waals surface area contributed by atoms with Crippen LogP contribution in [-0.4, -0.2) is 75.1 Å². The Balaban J connectivity index is 1.28. The summed E-state index contributed by atoms with van der Waals surface area (Å²) in [4.78, 5) is 25.0. The number of hydrogen-bond donors (Lipinski definition) is 0. The van der Waals surface area contributed by atoms with E-state index in [4.69, 9.17) is 4.42 Å². The van der Waals surface area contributed by atoms with Crippen molar-refractivity contribution in [3.05, 3.63) is 39.5 Å². The Bertz CT molecular complexity index is 962. The van der Waals surface area contributed by atoms with E-state index in [2.05, 4.69) is 37.3 Å². The third kappa shape index (κ3) is 5.97. The molecule has 0 radical (unpaired) electrons. The van der Waals surface area contributed by atoms with Gasteiger partial charge in [-0.3, -0.25) is 14.6 Å². The molecule has 1 amide bonds. The third-order valence-electron chi connectivity index (χ3n) is 5.25. The van der Waals surface area contributed by atoms with Gasteiger partial charge in [0, 0.05) is 44.6 Å².